The molecule has 1 fully saturated rings. The summed E-state index contributed by atoms with van der Waals surface area (Å²) in [6.07, 6.45) is 5.12. The summed E-state index contributed by atoms with van der Waals surface area (Å²) in [6, 6.07) is 8.66. The van der Waals surface area contributed by atoms with Crippen LogP contribution in [0.4, 0.5) is 5.69 Å². The number of anilines is 1. The van der Waals surface area contributed by atoms with Crippen molar-refractivity contribution < 1.29 is 9.90 Å². The van der Waals surface area contributed by atoms with Crippen LogP contribution in [-0.4, -0.2) is 23.7 Å². The first-order valence-corrected chi connectivity index (χ1v) is 7.74. The number of carbonyl (C=O) groups is 1. The molecule has 0 aromatic heterocycles. The molecule has 3 heteroatoms. The molecule has 3 rings (SSSR count). The van der Waals surface area contributed by atoms with Crippen LogP contribution in [0.1, 0.15) is 38.2 Å². The molecule has 108 valence electrons. The molecule has 2 aliphatic rings. The number of aliphatic carboxylic acids is 1. The molecular formula is C17H23NO2. The minimum absolute atomic E-state index is 0.165. The predicted octanol–water partition coefficient (Wildman–Crippen LogP) is 3.33. The average Bonchev–Trinajstić information content (AvgIpc) is 2.46. The van der Waals surface area contributed by atoms with E-state index >= 15 is 0 Å². The zero-order chi connectivity index (χ0) is 14.1. The Kier molecular flexibility index (Phi) is 3.68. The summed E-state index contributed by atoms with van der Waals surface area (Å²) < 4.78 is 0. The molecule has 1 N–H and O–H groups in total. The number of carboxylic acids is 1. The Hall–Kier alpha value is -1.51. The van der Waals surface area contributed by atoms with Gasteiger partial charge in [0.2, 0.25) is 0 Å². The van der Waals surface area contributed by atoms with Gasteiger partial charge in [0.25, 0.3) is 0 Å². The highest BCUT2D eigenvalue weighted by Gasteiger charge is 2.38. The molecule has 1 saturated carbocycles. The van der Waals surface area contributed by atoms with Gasteiger partial charge in [-0.15, -0.1) is 0 Å². The van der Waals surface area contributed by atoms with Crippen LogP contribution in [0.5, 0.6) is 0 Å². The minimum Gasteiger partial charge on any atom is -0.481 e. The summed E-state index contributed by atoms with van der Waals surface area (Å²) >= 11 is 0. The summed E-state index contributed by atoms with van der Waals surface area (Å²) in [4.78, 5) is 14.0. The molecule has 0 spiro atoms. The third-order valence-corrected chi connectivity index (χ3v) is 4.94. The number of hydrogen-bond donors (Lipinski definition) is 1. The monoisotopic (exact) mass is 273 g/mol. The Bertz CT molecular complexity index is 500. The molecule has 0 amide bonds. The molecule has 1 aliphatic heterocycles. The second kappa shape index (κ2) is 5.47. The Morgan fingerprint density at radius 2 is 2.10 bits per heavy atom. The van der Waals surface area contributed by atoms with E-state index in [9.17, 15) is 9.90 Å². The van der Waals surface area contributed by atoms with Gasteiger partial charge in [0.15, 0.2) is 0 Å². The number of nitrogens with zero attached hydrogens (tertiary/aromatic N) is 1. The molecule has 0 bridgehead atoms. The van der Waals surface area contributed by atoms with Crippen LogP contribution >= 0.6 is 0 Å². The van der Waals surface area contributed by atoms with Crippen molar-refractivity contribution >= 4 is 11.7 Å². The first-order chi connectivity index (χ1) is 9.66. The maximum atomic E-state index is 11.6. The number of rotatable bonds is 2. The van der Waals surface area contributed by atoms with Crippen LogP contribution < -0.4 is 4.90 Å². The molecule has 3 atom stereocenters. The van der Waals surface area contributed by atoms with Crippen molar-refractivity contribution in [1.29, 1.82) is 0 Å². The molecule has 1 heterocycles. The zero-order valence-electron chi connectivity index (χ0n) is 12.1. The zero-order valence-corrected chi connectivity index (χ0v) is 12.1. The SMILES string of the molecule is CC1CCC(C(=O)O)C(N2CCCc3ccccc32)C1. The van der Waals surface area contributed by atoms with Gasteiger partial charge in [0, 0.05) is 18.3 Å². The quantitative estimate of drug-likeness (QED) is 0.898. The van der Waals surface area contributed by atoms with Gasteiger partial charge in [-0.25, -0.2) is 0 Å². The number of carboxylic acid groups (broad SMARTS) is 1. The van der Waals surface area contributed by atoms with Crippen molar-refractivity contribution in [2.45, 2.75) is 45.1 Å². The Labute approximate surface area is 120 Å². The lowest BCUT2D eigenvalue weighted by Gasteiger charge is -2.44. The maximum Gasteiger partial charge on any atom is 0.308 e. The van der Waals surface area contributed by atoms with E-state index in [4.69, 9.17) is 0 Å². The summed E-state index contributed by atoms with van der Waals surface area (Å²) in [5, 5.41) is 9.55. The molecular weight excluding hydrogens is 250 g/mol. The summed E-state index contributed by atoms with van der Waals surface area (Å²) in [5.74, 6) is -0.202. The van der Waals surface area contributed by atoms with Crippen molar-refractivity contribution in [3.63, 3.8) is 0 Å². The van der Waals surface area contributed by atoms with E-state index in [1.165, 1.54) is 11.3 Å². The van der Waals surface area contributed by atoms with Crippen molar-refractivity contribution in [3.8, 4) is 0 Å². The summed E-state index contributed by atoms with van der Waals surface area (Å²) in [7, 11) is 0. The molecule has 1 aromatic carbocycles. The average molecular weight is 273 g/mol. The van der Waals surface area contributed by atoms with E-state index in [0.29, 0.717) is 5.92 Å². The van der Waals surface area contributed by atoms with Gasteiger partial charge >= 0.3 is 5.97 Å². The van der Waals surface area contributed by atoms with Gasteiger partial charge in [-0.1, -0.05) is 25.1 Å². The number of benzene rings is 1. The van der Waals surface area contributed by atoms with Crippen LogP contribution in [0.3, 0.4) is 0 Å². The second-order valence-corrected chi connectivity index (χ2v) is 6.36. The van der Waals surface area contributed by atoms with Crippen molar-refractivity contribution in [2.24, 2.45) is 11.8 Å². The highest BCUT2D eigenvalue weighted by Crippen LogP contribution is 2.38. The molecule has 1 aromatic rings. The lowest BCUT2D eigenvalue weighted by Crippen LogP contribution is -2.49. The fourth-order valence-corrected chi connectivity index (χ4v) is 3.89. The van der Waals surface area contributed by atoms with Gasteiger partial charge in [0.1, 0.15) is 0 Å². The topological polar surface area (TPSA) is 40.5 Å². The largest absolute Gasteiger partial charge is 0.481 e. The number of para-hydroxylation sites is 1. The maximum absolute atomic E-state index is 11.6. The third kappa shape index (κ3) is 2.41. The van der Waals surface area contributed by atoms with Crippen LogP contribution in [-0.2, 0) is 11.2 Å². The molecule has 0 radical (unpaired) electrons. The van der Waals surface area contributed by atoms with E-state index < -0.39 is 5.97 Å². The van der Waals surface area contributed by atoms with Crippen LogP contribution in [0.15, 0.2) is 24.3 Å². The van der Waals surface area contributed by atoms with Crippen molar-refractivity contribution in [1.82, 2.24) is 0 Å². The summed E-state index contributed by atoms with van der Waals surface area (Å²) in [6.45, 7) is 3.25. The van der Waals surface area contributed by atoms with Crippen LogP contribution in [0.25, 0.3) is 0 Å². The fraction of sp³-hybridized carbons (Fsp3) is 0.588. The molecule has 0 saturated heterocycles. The number of hydrogen-bond acceptors (Lipinski definition) is 2. The van der Waals surface area contributed by atoms with Gasteiger partial charge in [-0.05, 0) is 49.7 Å². The van der Waals surface area contributed by atoms with Gasteiger partial charge in [0.05, 0.1) is 5.92 Å². The van der Waals surface area contributed by atoms with E-state index in [0.717, 1.165) is 38.6 Å². The highest BCUT2D eigenvalue weighted by molar-refractivity contribution is 5.72. The van der Waals surface area contributed by atoms with Crippen LogP contribution in [0.2, 0.25) is 0 Å². The Morgan fingerprint density at radius 1 is 1.30 bits per heavy atom. The second-order valence-electron chi connectivity index (χ2n) is 6.36. The first-order valence-electron chi connectivity index (χ1n) is 7.74. The smallest absolute Gasteiger partial charge is 0.308 e. The standard InChI is InChI=1S/C17H23NO2/c1-12-8-9-14(17(19)20)16(11-12)18-10-4-6-13-5-2-3-7-15(13)18/h2-3,5,7,12,14,16H,4,6,8-11H2,1H3,(H,19,20). The fourth-order valence-electron chi connectivity index (χ4n) is 3.89. The number of fused-ring (bicyclic) bond motifs is 1. The number of aryl methyl sites for hydroxylation is 1. The predicted molar refractivity (Wildman–Crippen MR) is 80.0 cm³/mol. The third-order valence-electron chi connectivity index (χ3n) is 4.94. The summed E-state index contributed by atoms with van der Waals surface area (Å²) in [5.41, 5.74) is 2.64. The Morgan fingerprint density at radius 3 is 2.90 bits per heavy atom. The van der Waals surface area contributed by atoms with Gasteiger partial charge in [-0.3, -0.25) is 4.79 Å². The van der Waals surface area contributed by atoms with E-state index in [1.54, 1.807) is 0 Å². The van der Waals surface area contributed by atoms with E-state index in [1.807, 2.05) is 0 Å². The van der Waals surface area contributed by atoms with Gasteiger partial charge in [-0.2, -0.15) is 0 Å². The first kappa shape index (κ1) is 13.5. The normalized spacial score (nSPS) is 29.9. The molecule has 1 aliphatic carbocycles. The van der Waals surface area contributed by atoms with Gasteiger partial charge < -0.3 is 10.0 Å². The lowest BCUT2D eigenvalue weighted by atomic mass is 9.77. The molecule has 3 unspecified atom stereocenters. The van der Waals surface area contributed by atoms with Crippen molar-refractivity contribution in [3.05, 3.63) is 29.8 Å². The van der Waals surface area contributed by atoms with E-state index in [2.05, 4.69) is 36.1 Å². The minimum atomic E-state index is -0.620. The highest BCUT2D eigenvalue weighted by atomic mass is 16.4. The van der Waals surface area contributed by atoms with Crippen LogP contribution in [0, 0.1) is 11.8 Å². The lowest BCUT2D eigenvalue weighted by molar-refractivity contribution is -0.143. The van der Waals surface area contributed by atoms with E-state index in [-0.39, 0.29) is 12.0 Å². The van der Waals surface area contributed by atoms with Crippen molar-refractivity contribution in [2.75, 3.05) is 11.4 Å². The Balaban J connectivity index is 1.92. The molecule has 3 nitrogen and oxygen atoms in total. The molecule has 20 heavy (non-hydrogen) atoms.